The molecule has 6 heteroatoms. The van der Waals surface area contributed by atoms with Gasteiger partial charge in [-0.2, -0.15) is 0 Å². The minimum absolute atomic E-state index is 0.0895. The monoisotopic (exact) mass is 520 g/mol. The molecule has 0 spiro atoms. The van der Waals surface area contributed by atoms with Gasteiger partial charge in [0.25, 0.3) is 5.91 Å². The van der Waals surface area contributed by atoms with E-state index in [1.165, 1.54) is 5.56 Å². The van der Waals surface area contributed by atoms with Crippen molar-refractivity contribution < 1.29 is 19.1 Å². The third-order valence-electron chi connectivity index (χ3n) is 7.05. The molecular weight excluding hydrogens is 488 g/mol. The third kappa shape index (κ3) is 6.36. The second-order valence-electron chi connectivity index (χ2n) is 9.62. The zero-order valence-electron chi connectivity index (χ0n) is 21.8. The largest absolute Gasteiger partial charge is 0.491 e. The molecule has 4 aromatic rings. The van der Waals surface area contributed by atoms with Gasteiger partial charge in [0, 0.05) is 17.7 Å². The van der Waals surface area contributed by atoms with Crippen LogP contribution in [0.5, 0.6) is 5.75 Å². The van der Waals surface area contributed by atoms with Crippen LogP contribution in [0.4, 0.5) is 0 Å². The molecular formula is C33H32N2O4. The maximum Gasteiger partial charge on any atom is 0.254 e. The van der Waals surface area contributed by atoms with E-state index >= 15 is 0 Å². The fraction of sp³-hybridized carbons (Fsp3) is 0.212. The number of nitrogens with two attached hydrogens (primary N) is 1. The molecule has 0 radical (unpaired) electrons. The van der Waals surface area contributed by atoms with Crippen LogP contribution in [0.25, 0.3) is 0 Å². The van der Waals surface area contributed by atoms with Crippen LogP contribution in [0.1, 0.15) is 55.4 Å². The lowest BCUT2D eigenvalue weighted by Gasteiger charge is -2.31. The highest BCUT2D eigenvalue weighted by molar-refractivity contribution is 5.96. The van der Waals surface area contributed by atoms with E-state index in [2.05, 4.69) is 6.07 Å². The normalized spacial score (nSPS) is 14.0. The molecule has 0 saturated carbocycles. The molecule has 0 aliphatic heterocycles. The molecule has 2 N–H and O–H groups in total. The fourth-order valence-electron chi connectivity index (χ4n) is 5.11. The molecule has 0 heterocycles. The van der Waals surface area contributed by atoms with Gasteiger partial charge in [-0.25, -0.2) is 0 Å². The number of amides is 2. The minimum atomic E-state index is -0.505. The van der Waals surface area contributed by atoms with Crippen molar-refractivity contribution >= 4 is 11.8 Å². The van der Waals surface area contributed by atoms with E-state index in [-0.39, 0.29) is 18.5 Å². The van der Waals surface area contributed by atoms with Gasteiger partial charge in [0.1, 0.15) is 12.4 Å². The van der Waals surface area contributed by atoms with E-state index in [0.717, 1.165) is 35.3 Å². The first-order chi connectivity index (χ1) is 19.1. The van der Waals surface area contributed by atoms with Crippen LogP contribution in [0.3, 0.4) is 0 Å². The van der Waals surface area contributed by atoms with Crippen LogP contribution in [0.2, 0.25) is 0 Å². The Labute approximate surface area is 229 Å². The van der Waals surface area contributed by atoms with Gasteiger partial charge in [-0.1, -0.05) is 72.8 Å². The van der Waals surface area contributed by atoms with Crippen molar-refractivity contribution in [2.24, 2.45) is 5.73 Å². The van der Waals surface area contributed by atoms with Gasteiger partial charge in [0.05, 0.1) is 19.3 Å². The van der Waals surface area contributed by atoms with Crippen LogP contribution in [-0.2, 0) is 24.3 Å². The van der Waals surface area contributed by atoms with Crippen LogP contribution in [0.15, 0.2) is 103 Å². The first kappa shape index (κ1) is 26.2. The molecule has 1 aliphatic carbocycles. The van der Waals surface area contributed by atoms with Crippen molar-refractivity contribution in [2.75, 3.05) is 13.2 Å². The Morgan fingerprint density at radius 2 is 1.56 bits per heavy atom. The van der Waals surface area contributed by atoms with Crippen molar-refractivity contribution in [2.45, 2.75) is 32.0 Å². The highest BCUT2D eigenvalue weighted by Gasteiger charge is 2.32. The van der Waals surface area contributed by atoms with Crippen molar-refractivity contribution in [3.05, 3.63) is 137 Å². The number of hydrogen-bond donors (Lipinski definition) is 1. The summed E-state index contributed by atoms with van der Waals surface area (Å²) >= 11 is 0. The van der Waals surface area contributed by atoms with E-state index in [1.807, 2.05) is 89.8 Å². The predicted octanol–water partition coefficient (Wildman–Crippen LogP) is 5.71. The van der Waals surface area contributed by atoms with E-state index in [0.29, 0.717) is 30.9 Å². The molecule has 4 aromatic carbocycles. The predicted molar refractivity (Wildman–Crippen MR) is 150 cm³/mol. The number of fused-ring (bicyclic) bond motifs is 1. The van der Waals surface area contributed by atoms with Crippen LogP contribution in [-0.4, -0.2) is 29.9 Å². The first-order valence-electron chi connectivity index (χ1n) is 13.2. The number of ether oxygens (including phenoxy) is 2. The molecule has 1 aliphatic rings. The van der Waals surface area contributed by atoms with Crippen LogP contribution < -0.4 is 10.5 Å². The molecule has 0 aromatic heterocycles. The summed E-state index contributed by atoms with van der Waals surface area (Å²) in [7, 11) is 0. The Balaban J connectivity index is 1.34. The number of primary amides is 1. The summed E-state index contributed by atoms with van der Waals surface area (Å²) in [5.74, 6) is 0.150. The van der Waals surface area contributed by atoms with Crippen molar-refractivity contribution in [3.8, 4) is 5.75 Å². The lowest BCUT2D eigenvalue weighted by Crippen LogP contribution is -2.34. The lowest BCUT2D eigenvalue weighted by molar-refractivity contribution is 0.0655. The number of benzene rings is 4. The molecule has 2 amide bonds. The Morgan fingerprint density at radius 1 is 0.846 bits per heavy atom. The summed E-state index contributed by atoms with van der Waals surface area (Å²) in [4.78, 5) is 27.8. The van der Waals surface area contributed by atoms with E-state index in [4.69, 9.17) is 15.2 Å². The zero-order chi connectivity index (χ0) is 27.0. The molecule has 0 fully saturated rings. The second kappa shape index (κ2) is 12.4. The summed E-state index contributed by atoms with van der Waals surface area (Å²) in [6, 6.07) is 32.4. The Bertz CT molecular complexity index is 1420. The summed E-state index contributed by atoms with van der Waals surface area (Å²) in [6.45, 7) is 1.71. The van der Waals surface area contributed by atoms with Gasteiger partial charge in [-0.15, -0.1) is 0 Å². The number of hydrogen-bond acceptors (Lipinski definition) is 4. The number of carbonyl (C=O) groups excluding carboxylic acids is 2. The Morgan fingerprint density at radius 3 is 2.33 bits per heavy atom. The number of rotatable bonds is 11. The molecule has 6 nitrogen and oxygen atoms in total. The summed E-state index contributed by atoms with van der Waals surface area (Å²) in [6.07, 6.45) is 1.65. The van der Waals surface area contributed by atoms with Crippen molar-refractivity contribution in [1.82, 2.24) is 4.90 Å². The molecule has 39 heavy (non-hydrogen) atoms. The molecule has 1 atom stereocenters. The maximum absolute atomic E-state index is 13.8. The van der Waals surface area contributed by atoms with E-state index < -0.39 is 5.91 Å². The summed E-state index contributed by atoms with van der Waals surface area (Å²) in [5.41, 5.74) is 10.8. The van der Waals surface area contributed by atoms with Crippen molar-refractivity contribution in [1.29, 1.82) is 0 Å². The number of nitrogens with zero attached hydrogens (tertiary/aromatic N) is 1. The maximum atomic E-state index is 13.8. The molecule has 1 unspecified atom stereocenters. The summed E-state index contributed by atoms with van der Waals surface area (Å²) in [5, 5.41) is 0. The Hall–Kier alpha value is -4.42. The van der Waals surface area contributed by atoms with Crippen molar-refractivity contribution in [3.63, 3.8) is 0 Å². The molecule has 0 bridgehead atoms. The summed E-state index contributed by atoms with van der Waals surface area (Å²) < 4.78 is 11.8. The van der Waals surface area contributed by atoms with Gasteiger partial charge in [-0.05, 0) is 65.4 Å². The second-order valence-corrected chi connectivity index (χ2v) is 9.62. The molecule has 5 rings (SSSR count). The standard InChI is InChI=1S/C33H32N2O4/c34-32(36)29-14-8-7-13-27(29)22-35(33(37)26-11-5-2-6-12-26)31-18-16-25-15-17-28(21-30(25)31)39-20-19-38-23-24-9-3-1-4-10-24/h1-15,17,21,31H,16,18-20,22-23H2,(H2,34,36). The van der Waals surface area contributed by atoms with Gasteiger partial charge >= 0.3 is 0 Å². The van der Waals surface area contributed by atoms with E-state index in [9.17, 15) is 9.59 Å². The average Bonchev–Trinajstić information content (AvgIpc) is 3.39. The fourth-order valence-corrected chi connectivity index (χ4v) is 5.11. The quantitative estimate of drug-likeness (QED) is 0.257. The zero-order valence-corrected chi connectivity index (χ0v) is 21.8. The topological polar surface area (TPSA) is 81.9 Å². The van der Waals surface area contributed by atoms with Gasteiger partial charge < -0.3 is 20.1 Å². The van der Waals surface area contributed by atoms with Crippen LogP contribution in [0, 0.1) is 0 Å². The molecule has 198 valence electrons. The van der Waals surface area contributed by atoms with Gasteiger partial charge in [0.2, 0.25) is 5.91 Å². The molecule has 0 saturated heterocycles. The number of aryl methyl sites for hydroxylation is 1. The highest BCUT2D eigenvalue weighted by atomic mass is 16.5. The third-order valence-corrected chi connectivity index (χ3v) is 7.05. The Kier molecular flexibility index (Phi) is 8.34. The number of carbonyl (C=O) groups is 2. The van der Waals surface area contributed by atoms with Crippen LogP contribution >= 0.6 is 0 Å². The first-order valence-corrected chi connectivity index (χ1v) is 13.2. The van der Waals surface area contributed by atoms with E-state index in [1.54, 1.807) is 12.1 Å². The minimum Gasteiger partial charge on any atom is -0.491 e. The highest BCUT2D eigenvalue weighted by Crippen LogP contribution is 2.39. The smallest absolute Gasteiger partial charge is 0.254 e. The van der Waals surface area contributed by atoms with Gasteiger partial charge in [0.15, 0.2) is 0 Å². The van der Waals surface area contributed by atoms with Gasteiger partial charge in [-0.3, -0.25) is 9.59 Å². The average molecular weight is 521 g/mol. The SMILES string of the molecule is NC(=O)c1ccccc1CN(C(=O)c1ccccc1)C1CCc2ccc(OCCOCc3ccccc3)cc21. The lowest BCUT2D eigenvalue weighted by atomic mass is 10.0.